The Balaban J connectivity index is 5.28. The van der Waals surface area contributed by atoms with E-state index in [1.807, 2.05) is 0 Å². The molecule has 0 heterocycles. The van der Waals surface area contributed by atoms with E-state index in [1.54, 1.807) is 0 Å². The predicted molar refractivity (Wildman–Crippen MR) is 367 cm³/mol. The van der Waals surface area contributed by atoms with Gasteiger partial charge in [-0.05, 0) is 49.4 Å². The fraction of sp³-hybridized carbons (Fsp3) is 0.944. The second-order valence-corrected chi connectivity index (χ2v) is 30.1. The van der Waals surface area contributed by atoms with E-state index in [0.29, 0.717) is 25.7 Å². The van der Waals surface area contributed by atoms with Crippen molar-refractivity contribution in [2.75, 3.05) is 39.6 Å². The van der Waals surface area contributed by atoms with Crippen molar-refractivity contribution >= 4 is 39.5 Å². The van der Waals surface area contributed by atoms with E-state index >= 15 is 0 Å². The van der Waals surface area contributed by atoms with Gasteiger partial charge in [-0.25, -0.2) is 9.13 Å². The molecule has 8 atom stereocenters. The Morgan fingerprint density at radius 3 is 0.780 bits per heavy atom. The molecule has 0 aliphatic heterocycles. The Bertz CT molecular complexity index is 1800. The first kappa shape index (κ1) is 89.1. The summed E-state index contributed by atoms with van der Waals surface area (Å²) < 4.78 is 68.4. The third-order valence-corrected chi connectivity index (χ3v) is 19.6. The summed E-state index contributed by atoms with van der Waals surface area (Å²) in [7, 11) is -9.91. The van der Waals surface area contributed by atoms with Gasteiger partial charge in [-0.1, -0.05) is 306 Å². The zero-order valence-corrected chi connectivity index (χ0v) is 61.3. The number of ether oxygens (including phenoxy) is 4. The van der Waals surface area contributed by atoms with E-state index in [1.165, 1.54) is 154 Å². The van der Waals surface area contributed by atoms with Crippen molar-refractivity contribution in [3.8, 4) is 0 Å². The summed E-state index contributed by atoms with van der Waals surface area (Å²) in [6, 6.07) is 0. The lowest BCUT2D eigenvalue weighted by Crippen LogP contribution is -2.30. The summed E-state index contributed by atoms with van der Waals surface area (Å²) in [6.07, 6.45) is 44.3. The first-order valence-electron chi connectivity index (χ1n) is 37.3. The molecule has 0 aliphatic carbocycles. The molecule has 3 N–H and O–H groups in total. The maximum Gasteiger partial charge on any atom is 0.472 e. The minimum Gasteiger partial charge on any atom is -0.462 e. The molecule has 91 heavy (non-hydrogen) atoms. The lowest BCUT2D eigenvalue weighted by atomic mass is 9.99. The molecule has 0 saturated carbocycles. The molecule has 0 bridgehead atoms. The molecule has 0 aromatic rings. The minimum atomic E-state index is -4.96. The SMILES string of the molecule is CCC(C)CCCCCCCCCCCCC(=O)OC[C@H](COP(=O)(O)OC[C@@H](O)COP(=O)(O)OC[C@@H](COC(=O)CCCCCCCCC(C)CC)OC(=O)CCCCCCCCCCC(C)CC)OC(=O)CCCCCCCCCCCCCCC(C)C. The van der Waals surface area contributed by atoms with Gasteiger partial charge >= 0.3 is 39.5 Å². The van der Waals surface area contributed by atoms with Gasteiger partial charge in [0, 0.05) is 25.7 Å². The van der Waals surface area contributed by atoms with Crippen LogP contribution in [0.25, 0.3) is 0 Å². The molecule has 0 spiro atoms. The van der Waals surface area contributed by atoms with Crippen molar-refractivity contribution in [1.82, 2.24) is 0 Å². The number of carbonyl (C=O) groups is 4. The number of aliphatic hydroxyl groups excluding tert-OH is 1. The van der Waals surface area contributed by atoms with E-state index in [2.05, 4.69) is 55.4 Å². The number of phosphoric acid groups is 2. The fourth-order valence-electron chi connectivity index (χ4n) is 10.7. The molecule has 0 saturated heterocycles. The highest BCUT2D eigenvalue weighted by atomic mass is 31.2. The molecule has 0 rings (SSSR count). The minimum absolute atomic E-state index is 0.104. The number of hydrogen-bond acceptors (Lipinski definition) is 15. The van der Waals surface area contributed by atoms with Crippen molar-refractivity contribution in [2.45, 2.75) is 375 Å². The van der Waals surface area contributed by atoms with Crippen molar-refractivity contribution in [2.24, 2.45) is 23.7 Å². The van der Waals surface area contributed by atoms with Gasteiger partial charge in [-0.3, -0.25) is 37.3 Å². The summed E-state index contributed by atoms with van der Waals surface area (Å²) in [4.78, 5) is 72.7. The number of rotatable bonds is 69. The van der Waals surface area contributed by atoms with Gasteiger partial charge < -0.3 is 33.8 Å². The summed E-state index contributed by atoms with van der Waals surface area (Å²) in [5.74, 6) is 0.959. The summed E-state index contributed by atoms with van der Waals surface area (Å²) in [6.45, 7) is 14.2. The number of phosphoric ester groups is 2. The number of carbonyl (C=O) groups excluding carboxylic acids is 4. The van der Waals surface area contributed by atoms with Crippen molar-refractivity contribution in [3.63, 3.8) is 0 Å². The smallest absolute Gasteiger partial charge is 0.462 e. The van der Waals surface area contributed by atoms with E-state index in [-0.39, 0.29) is 25.7 Å². The van der Waals surface area contributed by atoms with Crippen LogP contribution in [0.4, 0.5) is 0 Å². The van der Waals surface area contributed by atoms with Gasteiger partial charge in [0.25, 0.3) is 0 Å². The Labute approximate surface area is 556 Å². The Kier molecular flexibility index (Phi) is 60.3. The molecule has 0 fully saturated rings. The highest BCUT2D eigenvalue weighted by Crippen LogP contribution is 2.45. The quantitative estimate of drug-likeness (QED) is 0.0222. The van der Waals surface area contributed by atoms with E-state index in [0.717, 1.165) is 120 Å². The van der Waals surface area contributed by atoms with Crippen LogP contribution in [-0.4, -0.2) is 96.7 Å². The van der Waals surface area contributed by atoms with Crippen LogP contribution >= 0.6 is 15.6 Å². The number of unbranched alkanes of at least 4 members (excludes halogenated alkanes) is 32. The zero-order chi connectivity index (χ0) is 67.5. The van der Waals surface area contributed by atoms with Crippen LogP contribution in [0.3, 0.4) is 0 Å². The van der Waals surface area contributed by atoms with E-state index < -0.39 is 97.5 Å². The lowest BCUT2D eigenvalue weighted by molar-refractivity contribution is -0.161. The van der Waals surface area contributed by atoms with Gasteiger partial charge in [0.05, 0.1) is 26.4 Å². The van der Waals surface area contributed by atoms with Crippen LogP contribution in [0, 0.1) is 23.7 Å². The third-order valence-electron chi connectivity index (χ3n) is 17.7. The standard InChI is InChI=1S/C72H140O17P2/c1-9-63(6)49-41-33-25-19-16-17-20-27-36-44-52-69(74)82-58-67(88-71(76)54-46-38-28-21-15-13-12-14-18-24-32-40-48-62(4)5)60-86-90(78,79)84-56-66(73)57-85-91(80,81)87-61-68(59-83-70(75)53-45-37-31-30-35-43-51-65(8)11-3)89-72(77)55-47-39-29-23-22-26-34-42-50-64(7)10-2/h62-68,73H,9-61H2,1-8H3,(H,78,79)(H,80,81)/t63?,64?,65?,66-,67-,68-/m1/s1. The van der Waals surface area contributed by atoms with Crippen LogP contribution < -0.4 is 0 Å². The molecule has 540 valence electrons. The second kappa shape index (κ2) is 61.6. The molecule has 0 aliphatic rings. The van der Waals surface area contributed by atoms with Crippen LogP contribution in [0.2, 0.25) is 0 Å². The highest BCUT2D eigenvalue weighted by molar-refractivity contribution is 7.47. The highest BCUT2D eigenvalue weighted by Gasteiger charge is 2.30. The third kappa shape index (κ3) is 62.6. The maximum absolute atomic E-state index is 13.0. The van der Waals surface area contributed by atoms with Crippen LogP contribution in [0.5, 0.6) is 0 Å². The Hall–Kier alpha value is -1.94. The average Bonchev–Trinajstić information content (AvgIpc) is 2.79. The molecule has 0 amide bonds. The largest absolute Gasteiger partial charge is 0.472 e. The molecule has 0 aromatic carbocycles. The normalized spacial score (nSPS) is 15.1. The van der Waals surface area contributed by atoms with Gasteiger partial charge in [0.1, 0.15) is 19.3 Å². The predicted octanol–water partition coefficient (Wildman–Crippen LogP) is 20.5. The first-order valence-corrected chi connectivity index (χ1v) is 40.3. The number of hydrogen-bond donors (Lipinski definition) is 3. The Morgan fingerprint density at radius 1 is 0.308 bits per heavy atom. The topological polar surface area (TPSA) is 237 Å². The van der Waals surface area contributed by atoms with Gasteiger partial charge in [-0.15, -0.1) is 0 Å². The van der Waals surface area contributed by atoms with Crippen molar-refractivity contribution in [3.05, 3.63) is 0 Å². The first-order chi connectivity index (χ1) is 43.7. The van der Waals surface area contributed by atoms with Gasteiger partial charge in [0.2, 0.25) is 0 Å². The summed E-state index contributed by atoms with van der Waals surface area (Å²) >= 11 is 0. The molecule has 5 unspecified atom stereocenters. The lowest BCUT2D eigenvalue weighted by Gasteiger charge is -2.21. The molecule has 0 aromatic heterocycles. The monoisotopic (exact) mass is 1340 g/mol. The molecular formula is C72H140O17P2. The van der Waals surface area contributed by atoms with Crippen LogP contribution in [-0.2, 0) is 65.4 Å². The van der Waals surface area contributed by atoms with Crippen LogP contribution in [0.15, 0.2) is 0 Å². The summed E-state index contributed by atoms with van der Waals surface area (Å²) in [5.41, 5.74) is 0. The molecular weight excluding hydrogens is 1200 g/mol. The zero-order valence-electron chi connectivity index (χ0n) is 59.5. The molecule has 17 nitrogen and oxygen atoms in total. The second-order valence-electron chi connectivity index (χ2n) is 27.2. The fourth-order valence-corrected chi connectivity index (χ4v) is 12.3. The van der Waals surface area contributed by atoms with E-state index in [9.17, 15) is 43.2 Å². The van der Waals surface area contributed by atoms with Crippen molar-refractivity contribution in [1.29, 1.82) is 0 Å². The molecule has 19 heteroatoms. The Morgan fingerprint density at radius 2 is 0.527 bits per heavy atom. The van der Waals surface area contributed by atoms with Crippen LogP contribution in [0.1, 0.15) is 357 Å². The van der Waals surface area contributed by atoms with Gasteiger partial charge in [0.15, 0.2) is 12.2 Å². The maximum atomic E-state index is 13.0. The molecule has 0 radical (unpaired) electrons. The van der Waals surface area contributed by atoms with Gasteiger partial charge in [-0.2, -0.15) is 0 Å². The van der Waals surface area contributed by atoms with Crippen molar-refractivity contribution < 1.29 is 80.2 Å². The summed E-state index contributed by atoms with van der Waals surface area (Å²) in [5, 5.41) is 10.6. The number of esters is 4. The number of aliphatic hydroxyl groups is 1. The van der Waals surface area contributed by atoms with E-state index in [4.69, 9.17) is 37.0 Å². The average molecular weight is 1340 g/mol.